The Labute approximate surface area is 201 Å². The highest BCUT2D eigenvalue weighted by Crippen LogP contribution is 2.52. The minimum absolute atomic E-state index is 0.00109. The minimum Gasteiger partial charge on any atom is -0.463 e. The van der Waals surface area contributed by atoms with Crippen LogP contribution in [-0.2, 0) is 15.4 Å². The lowest BCUT2D eigenvalue weighted by molar-refractivity contribution is 0.102. The molecule has 0 spiro atoms. The van der Waals surface area contributed by atoms with Crippen molar-refractivity contribution >= 4 is 27.3 Å². The summed E-state index contributed by atoms with van der Waals surface area (Å²) in [4.78, 5) is 25.3. The molecule has 1 amide bonds. The van der Waals surface area contributed by atoms with E-state index in [2.05, 4.69) is 26.2 Å². The predicted octanol–water partition coefficient (Wildman–Crippen LogP) is 2.06. The molecule has 9 nitrogen and oxygen atoms in total. The van der Waals surface area contributed by atoms with Crippen molar-refractivity contribution in [3.05, 3.63) is 47.2 Å². The number of nitrogens with one attached hydrogen (secondary N) is 1. The summed E-state index contributed by atoms with van der Waals surface area (Å²) in [5.74, 6) is 0.719. The summed E-state index contributed by atoms with van der Waals surface area (Å²) in [6.45, 7) is 1.81. The number of fused-ring (bicyclic) bond motifs is 2. The van der Waals surface area contributed by atoms with Crippen LogP contribution in [0, 0.1) is 25.1 Å². The van der Waals surface area contributed by atoms with Crippen LogP contribution in [0.25, 0.3) is 0 Å². The molecule has 0 radical (unpaired) electrons. The summed E-state index contributed by atoms with van der Waals surface area (Å²) in [6.07, 6.45) is 6.44. The molecule has 4 rings (SSSR count). The average molecular weight is 504 g/mol. The maximum Gasteiger partial charge on any atom is 0.276 e. The number of nitrogens with two attached hydrogens (primary N) is 1. The largest absolute Gasteiger partial charge is 0.463 e. The number of carbonyl (C=O) groups is 1. The zero-order valence-electron chi connectivity index (χ0n) is 19.0. The van der Waals surface area contributed by atoms with Crippen molar-refractivity contribution in [1.82, 2.24) is 9.97 Å². The number of carbonyl (C=O) groups excluding carboxylic acids is 1. The van der Waals surface area contributed by atoms with Crippen LogP contribution in [0.4, 0.5) is 14.5 Å². The standard InChI is InChI=1S/C23H23F2N5O4S/c1-4-9-34-18-11-27-19(13(2)28-18)20(31)29-14-5-6-16(25)15(10-14)22(3)17-7-8-23(12-24,21(26)30-22)35(17,32)33/h1,5-6,10-11,17H,7-9,12H2,2-3H3,(H2,26,30)(H,29,31)/t17?,22-,23+/m1/s1. The molecule has 3 heterocycles. The SMILES string of the molecule is C#CCOc1cnc(C(=O)Nc2ccc(F)c([C@@]3(C)N=C(N)[C@@]4(CF)CCC3S4(=O)=O)c2)c(C)n1. The Morgan fingerprint density at radius 1 is 1.43 bits per heavy atom. The van der Waals surface area contributed by atoms with Crippen LogP contribution < -0.4 is 15.8 Å². The van der Waals surface area contributed by atoms with Crippen molar-refractivity contribution < 1.29 is 26.7 Å². The number of alkyl halides is 1. The fourth-order valence-electron chi connectivity index (χ4n) is 4.71. The van der Waals surface area contributed by atoms with Gasteiger partial charge in [0.2, 0.25) is 5.88 Å². The number of terminal acetylenes is 1. The van der Waals surface area contributed by atoms with Crippen LogP contribution >= 0.6 is 0 Å². The van der Waals surface area contributed by atoms with Gasteiger partial charge in [-0.15, -0.1) is 6.42 Å². The normalized spacial score (nSPS) is 26.5. The molecule has 0 saturated carbocycles. The second kappa shape index (κ2) is 8.57. The summed E-state index contributed by atoms with van der Waals surface area (Å²) >= 11 is 0. The molecule has 0 aliphatic carbocycles. The third-order valence-electron chi connectivity index (χ3n) is 6.60. The number of aryl methyl sites for hydroxylation is 1. The Morgan fingerprint density at radius 3 is 2.83 bits per heavy atom. The number of aliphatic imine (C=N–C) groups is 1. The van der Waals surface area contributed by atoms with Crippen molar-refractivity contribution in [2.45, 2.75) is 42.2 Å². The molecule has 3 atom stereocenters. The Morgan fingerprint density at radius 2 is 2.17 bits per heavy atom. The van der Waals surface area contributed by atoms with Gasteiger partial charge in [-0.1, -0.05) is 5.92 Å². The highest BCUT2D eigenvalue weighted by atomic mass is 32.2. The molecular formula is C23H23F2N5O4S. The Balaban J connectivity index is 1.67. The molecule has 1 fully saturated rings. The van der Waals surface area contributed by atoms with Crippen LogP contribution in [0.3, 0.4) is 0 Å². The number of ether oxygens (including phenoxy) is 1. The molecule has 2 aliphatic heterocycles. The van der Waals surface area contributed by atoms with Crippen molar-refractivity contribution in [1.29, 1.82) is 0 Å². The average Bonchev–Trinajstić information content (AvgIpc) is 3.02. The number of anilines is 1. The lowest BCUT2D eigenvalue weighted by Gasteiger charge is -2.39. The van der Waals surface area contributed by atoms with Gasteiger partial charge in [-0.05, 0) is 44.9 Å². The van der Waals surface area contributed by atoms with Crippen LogP contribution in [-0.4, -0.2) is 53.4 Å². The van der Waals surface area contributed by atoms with E-state index in [9.17, 15) is 17.6 Å². The molecule has 1 aromatic heterocycles. The smallest absolute Gasteiger partial charge is 0.276 e. The number of hydrogen-bond donors (Lipinski definition) is 2. The number of rotatable bonds is 6. The molecule has 2 aromatic rings. The Hall–Kier alpha value is -3.59. The molecule has 1 saturated heterocycles. The van der Waals surface area contributed by atoms with Gasteiger partial charge < -0.3 is 15.8 Å². The number of benzene rings is 1. The highest BCUT2D eigenvalue weighted by Gasteiger charge is 2.65. The van der Waals surface area contributed by atoms with E-state index in [1.165, 1.54) is 25.3 Å². The number of amides is 1. The van der Waals surface area contributed by atoms with Crippen molar-refractivity contribution in [3.8, 4) is 18.2 Å². The molecular weight excluding hydrogens is 480 g/mol. The number of sulfone groups is 1. The van der Waals surface area contributed by atoms with E-state index in [-0.39, 0.29) is 53.8 Å². The van der Waals surface area contributed by atoms with E-state index in [1.54, 1.807) is 6.92 Å². The molecule has 1 aromatic carbocycles. The van der Waals surface area contributed by atoms with Gasteiger partial charge in [-0.3, -0.25) is 9.79 Å². The van der Waals surface area contributed by atoms with Gasteiger partial charge in [0.15, 0.2) is 21.2 Å². The second-order valence-corrected chi connectivity index (χ2v) is 11.1. The summed E-state index contributed by atoms with van der Waals surface area (Å²) in [5, 5.41) is 1.44. The summed E-state index contributed by atoms with van der Waals surface area (Å²) in [5.41, 5.74) is 4.72. The lowest BCUT2D eigenvalue weighted by Crippen LogP contribution is -2.58. The van der Waals surface area contributed by atoms with Crippen molar-refractivity contribution in [2.75, 3.05) is 18.6 Å². The number of halogens is 2. The van der Waals surface area contributed by atoms with Gasteiger partial charge in [0.05, 0.1) is 17.1 Å². The van der Waals surface area contributed by atoms with Crippen LogP contribution in [0.15, 0.2) is 29.4 Å². The van der Waals surface area contributed by atoms with Crippen molar-refractivity contribution in [2.24, 2.45) is 10.7 Å². The van der Waals surface area contributed by atoms with Gasteiger partial charge >= 0.3 is 0 Å². The zero-order chi connectivity index (χ0) is 25.6. The van der Waals surface area contributed by atoms with Crippen LogP contribution in [0.2, 0.25) is 0 Å². The predicted molar refractivity (Wildman–Crippen MR) is 125 cm³/mol. The fraction of sp³-hybridized carbons (Fsp3) is 0.391. The fourth-order valence-corrected chi connectivity index (χ4v) is 7.36. The van der Waals surface area contributed by atoms with E-state index in [0.717, 1.165) is 6.07 Å². The molecule has 1 unspecified atom stereocenters. The highest BCUT2D eigenvalue weighted by molar-refractivity contribution is 7.94. The molecule has 184 valence electrons. The zero-order valence-corrected chi connectivity index (χ0v) is 19.8. The maximum atomic E-state index is 15.0. The summed E-state index contributed by atoms with van der Waals surface area (Å²) in [7, 11) is -4.09. The maximum absolute atomic E-state index is 15.0. The first-order valence-electron chi connectivity index (χ1n) is 10.7. The number of aromatic nitrogens is 2. The van der Waals surface area contributed by atoms with Crippen molar-refractivity contribution in [3.63, 3.8) is 0 Å². The van der Waals surface area contributed by atoms with E-state index in [1.807, 2.05) is 0 Å². The topological polar surface area (TPSA) is 137 Å². The number of nitrogens with zero attached hydrogens (tertiary/aromatic N) is 3. The van der Waals surface area contributed by atoms with Gasteiger partial charge in [-0.2, -0.15) is 0 Å². The molecule has 2 bridgehead atoms. The van der Waals surface area contributed by atoms with E-state index >= 15 is 4.39 Å². The van der Waals surface area contributed by atoms with E-state index in [4.69, 9.17) is 16.9 Å². The lowest BCUT2D eigenvalue weighted by atomic mass is 9.86. The Bertz CT molecular complexity index is 1390. The first-order valence-corrected chi connectivity index (χ1v) is 12.2. The summed E-state index contributed by atoms with van der Waals surface area (Å²) in [6, 6.07) is 3.71. The number of hydrogen-bond acceptors (Lipinski definition) is 8. The molecule has 12 heteroatoms. The molecule has 2 aliphatic rings. The quantitative estimate of drug-likeness (QED) is 0.576. The second-order valence-electron chi connectivity index (χ2n) is 8.63. The molecule has 3 N–H and O–H groups in total. The molecule has 35 heavy (non-hydrogen) atoms. The monoisotopic (exact) mass is 503 g/mol. The van der Waals surface area contributed by atoms with Gasteiger partial charge in [0, 0.05) is 11.3 Å². The third-order valence-corrected chi connectivity index (χ3v) is 9.66. The van der Waals surface area contributed by atoms with Gasteiger partial charge in [0.1, 0.15) is 29.6 Å². The summed E-state index contributed by atoms with van der Waals surface area (Å²) < 4.78 is 58.5. The first-order chi connectivity index (χ1) is 16.5. The Kier molecular flexibility index (Phi) is 6.00. The van der Waals surface area contributed by atoms with Crippen LogP contribution in [0.5, 0.6) is 5.88 Å². The number of amidine groups is 1. The van der Waals surface area contributed by atoms with Gasteiger partial charge in [-0.25, -0.2) is 27.2 Å². The minimum atomic E-state index is -4.09. The third kappa shape index (κ3) is 3.70. The van der Waals surface area contributed by atoms with Gasteiger partial charge in [0.25, 0.3) is 5.91 Å². The van der Waals surface area contributed by atoms with Crippen LogP contribution in [0.1, 0.15) is 41.5 Å². The first kappa shape index (κ1) is 24.5. The van der Waals surface area contributed by atoms with E-state index in [0.29, 0.717) is 0 Å². The van der Waals surface area contributed by atoms with E-state index < -0.39 is 43.8 Å².